The highest BCUT2D eigenvalue weighted by Crippen LogP contribution is 2.24. The maximum Gasteiger partial charge on any atom is 0.0982 e. The van der Waals surface area contributed by atoms with Crippen LogP contribution < -0.4 is 0 Å². The minimum atomic E-state index is 0.231. The lowest BCUT2D eigenvalue weighted by atomic mass is 9.99. The molecule has 0 radical (unpaired) electrons. The Morgan fingerprint density at radius 2 is 2.20 bits per heavy atom. The van der Waals surface area contributed by atoms with Crippen molar-refractivity contribution in [2.75, 3.05) is 0 Å². The zero-order valence-electron chi connectivity index (χ0n) is 5.62. The summed E-state index contributed by atoms with van der Waals surface area (Å²) in [7, 11) is 0. The quantitative estimate of drug-likeness (QED) is 0.339. The minimum Gasteiger partial charge on any atom is -0.515 e. The molecule has 0 unspecified atom stereocenters. The number of allylic oxidation sites excluding steroid dienone is 3. The summed E-state index contributed by atoms with van der Waals surface area (Å²) in [5.41, 5.74) is 0.491. The maximum atomic E-state index is 8.57. The van der Waals surface area contributed by atoms with Crippen molar-refractivity contribution in [1.29, 1.82) is 5.26 Å². The van der Waals surface area contributed by atoms with E-state index < -0.39 is 0 Å². The molecule has 0 saturated heterocycles. The summed E-state index contributed by atoms with van der Waals surface area (Å²) >= 11 is 0. The van der Waals surface area contributed by atoms with Crippen molar-refractivity contribution in [3.05, 3.63) is 24.0 Å². The lowest BCUT2D eigenvalue weighted by Gasteiger charge is -2.03. The average molecular weight is 135 g/mol. The average Bonchev–Trinajstić information content (AvgIpc) is 2.43. The standard InChI is InChI=1S/C8H9NO/c9-5-8(6-10)7-3-1-2-4-7/h1-2,6-7,10H,3-4H2. The van der Waals surface area contributed by atoms with Gasteiger partial charge in [0.25, 0.3) is 0 Å². The predicted molar refractivity (Wildman–Crippen MR) is 38.2 cm³/mol. The second-order valence-electron chi connectivity index (χ2n) is 2.34. The summed E-state index contributed by atoms with van der Waals surface area (Å²) in [6.45, 7) is 0. The molecule has 2 heteroatoms. The molecule has 1 N–H and O–H groups in total. The number of aliphatic hydroxyl groups excluding tert-OH is 1. The molecule has 0 heterocycles. The lowest BCUT2D eigenvalue weighted by Crippen LogP contribution is -1.96. The van der Waals surface area contributed by atoms with E-state index in [1.807, 2.05) is 18.2 Å². The number of nitriles is 1. The molecule has 1 rings (SSSR count). The topological polar surface area (TPSA) is 44.0 Å². The van der Waals surface area contributed by atoms with E-state index in [0.717, 1.165) is 19.1 Å². The van der Waals surface area contributed by atoms with Gasteiger partial charge in [-0.05, 0) is 12.8 Å². The van der Waals surface area contributed by atoms with Crippen LogP contribution in [0.1, 0.15) is 12.8 Å². The number of rotatable bonds is 1. The van der Waals surface area contributed by atoms with Crippen LogP contribution in [0.2, 0.25) is 0 Å². The molecule has 0 aromatic carbocycles. The summed E-state index contributed by atoms with van der Waals surface area (Å²) in [5, 5.41) is 17.1. The highest BCUT2D eigenvalue weighted by Gasteiger charge is 2.14. The summed E-state index contributed by atoms with van der Waals surface area (Å²) in [6.07, 6.45) is 6.76. The summed E-state index contributed by atoms with van der Waals surface area (Å²) in [5.74, 6) is 0.231. The van der Waals surface area contributed by atoms with E-state index >= 15 is 0 Å². The first-order chi connectivity index (χ1) is 4.88. The van der Waals surface area contributed by atoms with E-state index in [2.05, 4.69) is 0 Å². The fourth-order valence-electron chi connectivity index (χ4n) is 1.10. The van der Waals surface area contributed by atoms with Crippen LogP contribution in [0.3, 0.4) is 0 Å². The van der Waals surface area contributed by atoms with Gasteiger partial charge in [0.1, 0.15) is 0 Å². The molecule has 52 valence electrons. The third kappa shape index (κ3) is 1.19. The van der Waals surface area contributed by atoms with Crippen LogP contribution in [0.25, 0.3) is 0 Å². The molecular formula is C8H9NO. The number of hydrogen-bond acceptors (Lipinski definition) is 2. The minimum absolute atomic E-state index is 0.231. The van der Waals surface area contributed by atoms with E-state index in [1.165, 1.54) is 0 Å². The van der Waals surface area contributed by atoms with Crippen molar-refractivity contribution >= 4 is 0 Å². The van der Waals surface area contributed by atoms with Gasteiger partial charge in [-0.2, -0.15) is 5.26 Å². The zero-order valence-corrected chi connectivity index (χ0v) is 5.62. The van der Waals surface area contributed by atoms with Gasteiger partial charge >= 0.3 is 0 Å². The van der Waals surface area contributed by atoms with Gasteiger partial charge in [0, 0.05) is 5.92 Å². The van der Waals surface area contributed by atoms with Crippen molar-refractivity contribution in [3.8, 4) is 6.07 Å². The second kappa shape index (κ2) is 3.07. The monoisotopic (exact) mass is 135 g/mol. The van der Waals surface area contributed by atoms with Gasteiger partial charge in [0.15, 0.2) is 0 Å². The van der Waals surface area contributed by atoms with Gasteiger partial charge in [-0.3, -0.25) is 0 Å². The van der Waals surface area contributed by atoms with Crippen molar-refractivity contribution in [2.45, 2.75) is 12.8 Å². The van der Waals surface area contributed by atoms with Gasteiger partial charge in [-0.15, -0.1) is 0 Å². The molecule has 1 aliphatic carbocycles. The molecule has 0 saturated carbocycles. The molecule has 0 atom stereocenters. The van der Waals surface area contributed by atoms with E-state index in [9.17, 15) is 0 Å². The van der Waals surface area contributed by atoms with Crippen molar-refractivity contribution in [2.24, 2.45) is 5.92 Å². The van der Waals surface area contributed by atoms with E-state index in [1.54, 1.807) is 0 Å². The normalized spacial score (nSPS) is 19.3. The molecule has 0 amide bonds. The van der Waals surface area contributed by atoms with E-state index in [0.29, 0.717) is 5.57 Å². The maximum absolute atomic E-state index is 8.57. The lowest BCUT2D eigenvalue weighted by molar-refractivity contribution is 0.458. The Hall–Kier alpha value is -1.23. The fraction of sp³-hybridized carbons (Fsp3) is 0.375. The SMILES string of the molecule is N#CC(=CO)C1CC=CC1. The summed E-state index contributed by atoms with van der Waals surface area (Å²) in [4.78, 5) is 0. The Morgan fingerprint density at radius 3 is 2.60 bits per heavy atom. The molecular weight excluding hydrogens is 126 g/mol. The van der Waals surface area contributed by atoms with Crippen LogP contribution in [-0.2, 0) is 0 Å². The first-order valence-corrected chi connectivity index (χ1v) is 3.28. The Bertz CT molecular complexity index is 202. The number of hydrogen-bond donors (Lipinski definition) is 1. The molecule has 0 bridgehead atoms. The molecule has 0 aromatic rings. The molecule has 2 nitrogen and oxygen atoms in total. The molecule has 0 aromatic heterocycles. The van der Waals surface area contributed by atoms with Crippen LogP contribution in [0, 0.1) is 17.2 Å². The number of aliphatic hydroxyl groups is 1. The fourth-order valence-corrected chi connectivity index (χ4v) is 1.10. The Balaban J connectivity index is 2.58. The van der Waals surface area contributed by atoms with Crippen molar-refractivity contribution < 1.29 is 5.11 Å². The third-order valence-electron chi connectivity index (χ3n) is 1.72. The largest absolute Gasteiger partial charge is 0.515 e. The predicted octanol–water partition coefficient (Wildman–Crippen LogP) is 1.92. The number of nitrogens with zero attached hydrogens (tertiary/aromatic N) is 1. The summed E-state index contributed by atoms with van der Waals surface area (Å²) in [6, 6.07) is 1.96. The first-order valence-electron chi connectivity index (χ1n) is 3.28. The Kier molecular flexibility index (Phi) is 2.11. The van der Waals surface area contributed by atoms with Crippen LogP contribution in [0.15, 0.2) is 24.0 Å². The second-order valence-corrected chi connectivity index (χ2v) is 2.34. The Morgan fingerprint density at radius 1 is 1.60 bits per heavy atom. The smallest absolute Gasteiger partial charge is 0.0982 e. The molecule has 0 spiro atoms. The zero-order chi connectivity index (χ0) is 7.40. The Labute approximate surface area is 60.1 Å². The molecule has 0 aliphatic heterocycles. The van der Waals surface area contributed by atoms with E-state index in [4.69, 9.17) is 10.4 Å². The highest BCUT2D eigenvalue weighted by atomic mass is 16.2. The molecule has 1 aliphatic rings. The highest BCUT2D eigenvalue weighted by molar-refractivity contribution is 5.24. The molecule has 0 fully saturated rings. The van der Waals surface area contributed by atoms with Gasteiger partial charge in [-0.1, -0.05) is 12.2 Å². The van der Waals surface area contributed by atoms with Crippen LogP contribution >= 0.6 is 0 Å². The van der Waals surface area contributed by atoms with Crippen molar-refractivity contribution in [3.63, 3.8) is 0 Å². The first kappa shape index (κ1) is 6.88. The summed E-state index contributed by atoms with van der Waals surface area (Å²) < 4.78 is 0. The molecule has 10 heavy (non-hydrogen) atoms. The van der Waals surface area contributed by atoms with E-state index in [-0.39, 0.29) is 5.92 Å². The van der Waals surface area contributed by atoms with Gasteiger partial charge in [0.05, 0.1) is 17.9 Å². The van der Waals surface area contributed by atoms with Gasteiger partial charge < -0.3 is 5.11 Å². The third-order valence-corrected chi connectivity index (χ3v) is 1.72. The van der Waals surface area contributed by atoms with Crippen LogP contribution in [-0.4, -0.2) is 5.11 Å². The van der Waals surface area contributed by atoms with Crippen molar-refractivity contribution in [1.82, 2.24) is 0 Å². The van der Waals surface area contributed by atoms with Gasteiger partial charge in [-0.25, -0.2) is 0 Å². The van der Waals surface area contributed by atoms with Gasteiger partial charge in [0.2, 0.25) is 0 Å². The van der Waals surface area contributed by atoms with Crippen LogP contribution in [0.5, 0.6) is 0 Å². The van der Waals surface area contributed by atoms with Crippen LogP contribution in [0.4, 0.5) is 0 Å².